The van der Waals surface area contributed by atoms with E-state index in [1.807, 2.05) is 0 Å². The lowest BCUT2D eigenvalue weighted by Crippen LogP contribution is -2.61. The van der Waals surface area contributed by atoms with E-state index in [2.05, 4.69) is 20.8 Å². The fourth-order valence-electron chi connectivity index (χ4n) is 8.94. The van der Waals surface area contributed by atoms with Crippen LogP contribution in [0.2, 0.25) is 0 Å². The van der Waals surface area contributed by atoms with E-state index in [1.165, 1.54) is 6.92 Å². The molecule has 0 amide bonds. The number of fused-ring (bicyclic) bond motifs is 5. The van der Waals surface area contributed by atoms with Gasteiger partial charge in [-0.15, -0.1) is 0 Å². The minimum atomic E-state index is -1.22. The normalized spacial score (nSPS) is 46.6. The van der Waals surface area contributed by atoms with Crippen LogP contribution in [0.3, 0.4) is 0 Å². The van der Waals surface area contributed by atoms with Gasteiger partial charge in [-0.3, -0.25) is 14.4 Å². The third kappa shape index (κ3) is 3.49. The number of carboxylic acid groups (broad SMARTS) is 1. The Bertz CT molecular complexity index is 763. The van der Waals surface area contributed by atoms with Crippen LogP contribution in [-0.2, 0) is 14.4 Å². The molecule has 0 heterocycles. The van der Waals surface area contributed by atoms with Crippen LogP contribution in [0.5, 0.6) is 0 Å². The predicted molar refractivity (Wildman–Crippen MR) is 116 cm³/mol. The molecule has 0 aromatic carbocycles. The van der Waals surface area contributed by atoms with Crippen LogP contribution in [0.4, 0.5) is 4.39 Å². The van der Waals surface area contributed by atoms with Crippen molar-refractivity contribution in [2.24, 2.45) is 52.3 Å². The van der Waals surface area contributed by atoms with Crippen molar-refractivity contribution in [2.75, 3.05) is 0 Å². The number of alkyl halides is 1. The van der Waals surface area contributed by atoms with Gasteiger partial charge in [0.2, 0.25) is 0 Å². The van der Waals surface area contributed by atoms with Gasteiger partial charge in [-0.1, -0.05) is 20.8 Å². The number of ketones is 2. The molecule has 5 heteroatoms. The van der Waals surface area contributed by atoms with Crippen LogP contribution >= 0.6 is 0 Å². The second-order valence-electron chi connectivity index (χ2n) is 11.8. The summed E-state index contributed by atoms with van der Waals surface area (Å²) in [6.07, 6.45) is 5.41. The van der Waals surface area contributed by atoms with E-state index in [-0.39, 0.29) is 52.5 Å². The fraction of sp³-hybridized carbons (Fsp3) is 0.885. The Labute approximate surface area is 185 Å². The molecule has 174 valence electrons. The molecule has 0 radical (unpaired) electrons. The van der Waals surface area contributed by atoms with Gasteiger partial charge in [0, 0.05) is 25.2 Å². The quantitative estimate of drug-likeness (QED) is 0.622. The van der Waals surface area contributed by atoms with Gasteiger partial charge in [0.05, 0.1) is 5.92 Å². The smallest absolute Gasteiger partial charge is 0.303 e. The van der Waals surface area contributed by atoms with E-state index < -0.39 is 18.1 Å². The van der Waals surface area contributed by atoms with Crippen molar-refractivity contribution in [2.45, 2.75) is 91.7 Å². The monoisotopic (exact) mass is 434 g/mol. The Balaban J connectivity index is 1.66. The van der Waals surface area contributed by atoms with Crippen LogP contribution in [0.1, 0.15) is 85.5 Å². The molecule has 4 aliphatic rings. The molecule has 10 atom stereocenters. The van der Waals surface area contributed by atoms with E-state index in [0.29, 0.717) is 31.1 Å². The molecule has 0 spiro atoms. The number of rotatable bonds is 5. The van der Waals surface area contributed by atoms with Gasteiger partial charge >= 0.3 is 5.97 Å². The maximum Gasteiger partial charge on any atom is 0.303 e. The maximum absolute atomic E-state index is 14.9. The van der Waals surface area contributed by atoms with Crippen molar-refractivity contribution in [3.8, 4) is 0 Å². The molecule has 1 N–H and O–H groups in total. The first-order valence-corrected chi connectivity index (χ1v) is 12.4. The molecule has 0 aliphatic heterocycles. The highest BCUT2D eigenvalue weighted by molar-refractivity contribution is 5.88. The van der Waals surface area contributed by atoms with Crippen LogP contribution in [-0.4, -0.2) is 28.8 Å². The summed E-state index contributed by atoms with van der Waals surface area (Å²) in [5.41, 5.74) is -0.113. The number of carbonyl (C=O) groups is 3. The second kappa shape index (κ2) is 7.95. The zero-order chi connectivity index (χ0) is 22.7. The Morgan fingerprint density at radius 1 is 1.06 bits per heavy atom. The maximum atomic E-state index is 14.9. The average molecular weight is 435 g/mol. The Morgan fingerprint density at radius 2 is 1.74 bits per heavy atom. The standard InChI is InChI=1S/C26H39FO4/c1-14(5-8-21(29)30)17-6-7-18-23-19(10-12-25(17,18)3)26(4)11-9-16(28)13-20(26)22(15(2)27)24(23)31/h14-15,17-20,22-23H,5-13H2,1-4H3,(H,29,30)/t14?,15?,17-,18+,19+,20+,22-,23+,25-,26-/m1/s1. The number of hydrogen-bond acceptors (Lipinski definition) is 3. The fourth-order valence-corrected chi connectivity index (χ4v) is 8.94. The van der Waals surface area contributed by atoms with Crippen molar-refractivity contribution >= 4 is 17.5 Å². The summed E-state index contributed by atoms with van der Waals surface area (Å²) in [5.74, 6) is -0.137. The summed E-state index contributed by atoms with van der Waals surface area (Å²) in [6, 6.07) is 0. The first kappa shape index (κ1) is 22.9. The summed E-state index contributed by atoms with van der Waals surface area (Å²) in [5, 5.41) is 9.13. The Kier molecular flexibility index (Phi) is 5.88. The lowest BCUT2D eigenvalue weighted by atomic mass is 9.41. The molecular formula is C26H39FO4. The van der Waals surface area contributed by atoms with Gasteiger partial charge in [0.1, 0.15) is 17.7 Å². The van der Waals surface area contributed by atoms with Gasteiger partial charge in [-0.05, 0) is 85.9 Å². The number of aliphatic carboxylic acids is 1. The second-order valence-corrected chi connectivity index (χ2v) is 11.8. The SMILES string of the molecule is CC(F)[C@H]1C(=O)[C@@H]2[C@H](CC[C@]3(C)[C@@H](C(C)CCC(=O)O)CC[C@@H]23)[C@@]2(C)CCC(=O)C[C@@H]12. The number of halogens is 1. The molecule has 4 saturated carbocycles. The van der Waals surface area contributed by atoms with E-state index in [0.717, 1.165) is 32.1 Å². The summed E-state index contributed by atoms with van der Waals surface area (Å²) in [7, 11) is 0. The molecule has 4 rings (SSSR count). The van der Waals surface area contributed by atoms with Gasteiger partial charge in [0.15, 0.2) is 0 Å². The highest BCUT2D eigenvalue weighted by Crippen LogP contribution is 2.68. The van der Waals surface area contributed by atoms with E-state index in [9.17, 15) is 18.8 Å². The molecule has 4 aliphatic carbocycles. The van der Waals surface area contributed by atoms with Crippen molar-refractivity contribution in [1.29, 1.82) is 0 Å². The summed E-state index contributed by atoms with van der Waals surface area (Å²) in [4.78, 5) is 37.2. The molecule has 4 nitrogen and oxygen atoms in total. The van der Waals surface area contributed by atoms with Gasteiger partial charge in [-0.25, -0.2) is 4.39 Å². The van der Waals surface area contributed by atoms with Crippen LogP contribution < -0.4 is 0 Å². The summed E-state index contributed by atoms with van der Waals surface area (Å²) in [6.45, 7) is 8.25. The first-order chi connectivity index (χ1) is 14.5. The highest BCUT2D eigenvalue weighted by Gasteiger charge is 2.66. The molecule has 0 saturated heterocycles. The zero-order valence-corrected chi connectivity index (χ0v) is 19.5. The van der Waals surface area contributed by atoms with Crippen molar-refractivity contribution in [3.63, 3.8) is 0 Å². The van der Waals surface area contributed by atoms with Crippen molar-refractivity contribution in [3.05, 3.63) is 0 Å². The summed E-state index contributed by atoms with van der Waals surface area (Å²) < 4.78 is 14.9. The molecule has 2 unspecified atom stereocenters. The first-order valence-electron chi connectivity index (χ1n) is 12.4. The lowest BCUT2D eigenvalue weighted by Gasteiger charge is -2.61. The largest absolute Gasteiger partial charge is 0.481 e. The van der Waals surface area contributed by atoms with Crippen LogP contribution in [0.15, 0.2) is 0 Å². The highest BCUT2D eigenvalue weighted by atomic mass is 19.1. The summed E-state index contributed by atoms with van der Waals surface area (Å²) >= 11 is 0. The van der Waals surface area contributed by atoms with Gasteiger partial charge in [-0.2, -0.15) is 0 Å². The van der Waals surface area contributed by atoms with Gasteiger partial charge < -0.3 is 5.11 Å². The number of carbonyl (C=O) groups excluding carboxylic acids is 2. The van der Waals surface area contributed by atoms with E-state index in [1.54, 1.807) is 0 Å². The predicted octanol–water partition coefficient (Wildman–Crippen LogP) is 5.48. The minimum absolute atomic E-state index is 0.0204. The topological polar surface area (TPSA) is 71.4 Å². The van der Waals surface area contributed by atoms with Crippen molar-refractivity contribution < 1.29 is 23.9 Å². The zero-order valence-electron chi connectivity index (χ0n) is 19.5. The average Bonchev–Trinajstić information content (AvgIpc) is 3.04. The molecule has 31 heavy (non-hydrogen) atoms. The van der Waals surface area contributed by atoms with Crippen LogP contribution in [0.25, 0.3) is 0 Å². The van der Waals surface area contributed by atoms with Crippen LogP contribution in [0, 0.1) is 52.3 Å². The third-order valence-electron chi connectivity index (χ3n) is 10.5. The molecule has 0 aromatic heterocycles. The Hall–Kier alpha value is -1.26. The molecule has 0 aromatic rings. The number of carboxylic acids is 1. The minimum Gasteiger partial charge on any atom is -0.481 e. The third-order valence-corrected chi connectivity index (χ3v) is 10.5. The molecule has 0 bridgehead atoms. The Morgan fingerprint density at radius 3 is 2.39 bits per heavy atom. The number of Topliss-reactive ketones (excluding diaryl/α,β-unsaturated/α-hetero) is 2. The van der Waals surface area contributed by atoms with Gasteiger partial charge in [0.25, 0.3) is 0 Å². The van der Waals surface area contributed by atoms with Crippen molar-refractivity contribution in [1.82, 2.24) is 0 Å². The lowest BCUT2D eigenvalue weighted by molar-refractivity contribution is -0.174. The van der Waals surface area contributed by atoms with E-state index >= 15 is 0 Å². The number of hydrogen-bond donors (Lipinski definition) is 1. The van der Waals surface area contributed by atoms with E-state index in [4.69, 9.17) is 5.11 Å². The molecular weight excluding hydrogens is 395 g/mol. The molecule has 4 fully saturated rings.